The molecule has 1 radical (unpaired) electrons. The van der Waals surface area contributed by atoms with Gasteiger partial charge in [0.05, 0.1) is 12.2 Å². The van der Waals surface area contributed by atoms with Crippen molar-refractivity contribution in [3.8, 4) is 0 Å². The van der Waals surface area contributed by atoms with Gasteiger partial charge in [-0.1, -0.05) is 23.4 Å². The van der Waals surface area contributed by atoms with Crippen LogP contribution in [-0.4, -0.2) is 31.8 Å². The van der Waals surface area contributed by atoms with Gasteiger partial charge >= 0.3 is 6.03 Å². The van der Waals surface area contributed by atoms with Crippen LogP contribution in [0.15, 0.2) is 35.5 Å². The lowest BCUT2D eigenvalue weighted by molar-refractivity contribution is 0.212. The van der Waals surface area contributed by atoms with E-state index in [-0.39, 0.29) is 6.54 Å². The van der Waals surface area contributed by atoms with Crippen molar-refractivity contribution in [3.63, 3.8) is 0 Å². The third kappa shape index (κ3) is 3.58. The zero-order chi connectivity index (χ0) is 13.4. The van der Waals surface area contributed by atoms with Crippen molar-refractivity contribution in [2.24, 2.45) is 5.16 Å². The fourth-order valence-corrected chi connectivity index (χ4v) is 1.39. The predicted molar refractivity (Wildman–Crippen MR) is 68.1 cm³/mol. The van der Waals surface area contributed by atoms with Crippen molar-refractivity contribution in [1.82, 2.24) is 5.32 Å². The molecule has 0 saturated heterocycles. The Morgan fingerprint density at radius 1 is 1.44 bits per heavy atom. The molecule has 6 heteroatoms. The van der Waals surface area contributed by atoms with Crippen LogP contribution in [0, 0.1) is 0 Å². The number of carbonyl (C=O) groups is 1. The molecule has 0 heterocycles. The summed E-state index contributed by atoms with van der Waals surface area (Å²) in [5, 5.41) is 6.11. The highest BCUT2D eigenvalue weighted by molar-refractivity contribution is 6.15. The summed E-state index contributed by atoms with van der Waals surface area (Å²) in [6.45, 7) is 1.45. The number of benzene rings is 1. The molecule has 1 aromatic rings. The lowest BCUT2D eigenvalue weighted by Gasteiger charge is -2.21. The average molecular weight is 248 g/mol. The molecular formula is C12H14N3O3. The number of anilines is 1. The Labute approximate surface area is 105 Å². The summed E-state index contributed by atoms with van der Waals surface area (Å²) >= 11 is 0. The van der Waals surface area contributed by atoms with Crippen molar-refractivity contribution in [2.75, 3.05) is 18.6 Å². The van der Waals surface area contributed by atoms with Crippen molar-refractivity contribution < 1.29 is 14.4 Å². The quantitative estimate of drug-likeness (QED) is 0.496. The highest BCUT2D eigenvalue weighted by atomic mass is 16.6. The van der Waals surface area contributed by atoms with Crippen LogP contribution in [0.2, 0.25) is 0 Å². The SMILES string of the molecule is CO/N=C(\C)N(C(=O)NC[C]=O)c1ccccc1. The van der Waals surface area contributed by atoms with Crippen LogP contribution >= 0.6 is 0 Å². The van der Waals surface area contributed by atoms with E-state index in [1.54, 1.807) is 37.5 Å². The van der Waals surface area contributed by atoms with Gasteiger partial charge in [-0.15, -0.1) is 0 Å². The maximum Gasteiger partial charge on any atom is 0.327 e. The van der Waals surface area contributed by atoms with E-state index in [9.17, 15) is 9.59 Å². The first kappa shape index (κ1) is 13.7. The molecule has 95 valence electrons. The van der Waals surface area contributed by atoms with Gasteiger partial charge in [-0.05, 0) is 19.1 Å². The Kier molecular flexibility index (Phi) is 5.37. The van der Waals surface area contributed by atoms with Crippen molar-refractivity contribution in [1.29, 1.82) is 0 Å². The molecule has 0 atom stereocenters. The molecule has 0 fully saturated rings. The zero-order valence-electron chi connectivity index (χ0n) is 10.2. The molecule has 1 rings (SSSR count). The van der Waals surface area contributed by atoms with Gasteiger partial charge in [-0.2, -0.15) is 0 Å². The molecule has 0 aromatic heterocycles. The van der Waals surface area contributed by atoms with Crippen molar-refractivity contribution in [2.45, 2.75) is 6.92 Å². The number of hydrogen-bond acceptors (Lipinski definition) is 4. The Hall–Kier alpha value is -2.37. The Morgan fingerprint density at radius 3 is 2.67 bits per heavy atom. The molecule has 1 aromatic carbocycles. The van der Waals surface area contributed by atoms with Gasteiger partial charge in [0.2, 0.25) is 6.29 Å². The van der Waals surface area contributed by atoms with Crippen LogP contribution < -0.4 is 10.2 Å². The number of rotatable bonds is 4. The summed E-state index contributed by atoms with van der Waals surface area (Å²) in [4.78, 5) is 28.0. The number of para-hydroxylation sites is 1. The maximum atomic E-state index is 11.9. The second kappa shape index (κ2) is 7.05. The van der Waals surface area contributed by atoms with E-state index in [0.29, 0.717) is 11.5 Å². The molecule has 0 bridgehead atoms. The average Bonchev–Trinajstić information content (AvgIpc) is 2.38. The fraction of sp³-hybridized carbons (Fsp3) is 0.250. The smallest absolute Gasteiger partial charge is 0.327 e. The van der Waals surface area contributed by atoms with Crippen LogP contribution in [0.4, 0.5) is 10.5 Å². The Morgan fingerprint density at radius 2 is 2.11 bits per heavy atom. The number of hydrogen-bond donors (Lipinski definition) is 1. The summed E-state index contributed by atoms with van der Waals surface area (Å²) in [6, 6.07) is 8.45. The number of nitrogens with one attached hydrogen (secondary N) is 1. The number of amides is 2. The van der Waals surface area contributed by atoms with Gasteiger partial charge in [0.25, 0.3) is 0 Å². The number of oxime groups is 1. The third-order valence-electron chi connectivity index (χ3n) is 2.08. The number of carbonyl (C=O) groups excluding carboxylic acids is 2. The lowest BCUT2D eigenvalue weighted by Crippen LogP contribution is -2.43. The summed E-state index contributed by atoms with van der Waals surface area (Å²) in [5.74, 6) is 0.354. The Bertz CT molecular complexity index is 431. The summed E-state index contributed by atoms with van der Waals surface area (Å²) in [7, 11) is 1.39. The standard InChI is InChI=1S/C12H14N3O3/c1-10(14-18-2)15(12(17)13-8-9-16)11-6-4-3-5-7-11/h3-7H,8H2,1-2H3,(H,13,17)/b14-10+. The van der Waals surface area contributed by atoms with Crippen LogP contribution in [-0.2, 0) is 9.63 Å². The minimum Gasteiger partial charge on any atom is -0.398 e. The topological polar surface area (TPSA) is 71.0 Å². The second-order valence-corrected chi connectivity index (χ2v) is 3.30. The van der Waals surface area contributed by atoms with E-state index in [1.807, 2.05) is 6.07 Å². The lowest BCUT2D eigenvalue weighted by atomic mass is 10.3. The van der Waals surface area contributed by atoms with E-state index >= 15 is 0 Å². The van der Waals surface area contributed by atoms with E-state index in [0.717, 1.165) is 0 Å². The molecular weight excluding hydrogens is 234 g/mol. The molecule has 0 aliphatic rings. The zero-order valence-corrected chi connectivity index (χ0v) is 10.2. The van der Waals surface area contributed by atoms with Gasteiger partial charge in [0.1, 0.15) is 7.11 Å². The fourth-order valence-electron chi connectivity index (χ4n) is 1.39. The summed E-state index contributed by atoms with van der Waals surface area (Å²) < 4.78 is 0. The van der Waals surface area contributed by atoms with Gasteiger partial charge in [-0.25, -0.2) is 9.69 Å². The van der Waals surface area contributed by atoms with Crippen LogP contribution in [0.5, 0.6) is 0 Å². The Balaban J connectivity index is 2.99. The molecule has 2 amide bonds. The molecule has 18 heavy (non-hydrogen) atoms. The minimum absolute atomic E-state index is 0.178. The largest absolute Gasteiger partial charge is 0.398 e. The van der Waals surface area contributed by atoms with E-state index in [4.69, 9.17) is 0 Å². The van der Waals surface area contributed by atoms with Gasteiger partial charge < -0.3 is 10.2 Å². The van der Waals surface area contributed by atoms with Crippen molar-refractivity contribution >= 4 is 23.8 Å². The van der Waals surface area contributed by atoms with Gasteiger partial charge in [0.15, 0.2) is 5.84 Å². The normalized spacial score (nSPS) is 10.7. The maximum absolute atomic E-state index is 11.9. The molecule has 0 aliphatic carbocycles. The van der Waals surface area contributed by atoms with Crippen molar-refractivity contribution in [3.05, 3.63) is 30.3 Å². The van der Waals surface area contributed by atoms with Gasteiger partial charge in [-0.3, -0.25) is 4.79 Å². The summed E-state index contributed by atoms with van der Waals surface area (Å²) in [6.07, 6.45) is 1.60. The highest BCUT2D eigenvalue weighted by Gasteiger charge is 2.18. The molecule has 0 unspecified atom stereocenters. The van der Waals surface area contributed by atoms with E-state index in [1.165, 1.54) is 12.0 Å². The predicted octanol–water partition coefficient (Wildman–Crippen LogP) is 1.29. The molecule has 0 saturated carbocycles. The number of amidine groups is 1. The third-order valence-corrected chi connectivity index (χ3v) is 2.08. The molecule has 0 spiro atoms. The molecule has 1 N–H and O–H groups in total. The summed E-state index contributed by atoms with van der Waals surface area (Å²) in [5.41, 5.74) is 0.624. The second-order valence-electron chi connectivity index (χ2n) is 3.30. The first-order valence-electron chi connectivity index (χ1n) is 5.26. The monoisotopic (exact) mass is 248 g/mol. The molecule has 0 aliphatic heterocycles. The first-order valence-corrected chi connectivity index (χ1v) is 5.26. The minimum atomic E-state index is -0.470. The van der Waals surface area contributed by atoms with Crippen LogP contribution in [0.1, 0.15) is 6.92 Å². The van der Waals surface area contributed by atoms with E-state index < -0.39 is 6.03 Å². The van der Waals surface area contributed by atoms with Crippen LogP contribution in [0.25, 0.3) is 0 Å². The number of urea groups is 1. The van der Waals surface area contributed by atoms with E-state index in [2.05, 4.69) is 15.3 Å². The van der Waals surface area contributed by atoms with Crippen LogP contribution in [0.3, 0.4) is 0 Å². The number of nitrogens with zero attached hydrogens (tertiary/aromatic N) is 2. The molecule has 6 nitrogen and oxygen atoms in total. The van der Waals surface area contributed by atoms with Gasteiger partial charge in [0, 0.05) is 0 Å². The highest BCUT2D eigenvalue weighted by Crippen LogP contribution is 2.14. The first-order chi connectivity index (χ1) is 8.70.